The minimum absolute atomic E-state index is 0.00306. The lowest BCUT2D eigenvalue weighted by atomic mass is 9.90. The van der Waals surface area contributed by atoms with Gasteiger partial charge in [0.2, 0.25) is 5.28 Å². The van der Waals surface area contributed by atoms with Crippen LogP contribution in [0.5, 0.6) is 0 Å². The number of rotatable bonds is 3. The van der Waals surface area contributed by atoms with Crippen molar-refractivity contribution in [3.63, 3.8) is 0 Å². The van der Waals surface area contributed by atoms with Gasteiger partial charge < -0.3 is 5.32 Å². The SMILES string of the molecule is CNC1CCC(N2C(=O)N(c3c(C)cccc3F)Cc3cnc(Cl)nc32)CC1. The number of hydrogen-bond acceptors (Lipinski definition) is 4. The van der Waals surface area contributed by atoms with Gasteiger partial charge in [-0.15, -0.1) is 0 Å². The van der Waals surface area contributed by atoms with Gasteiger partial charge in [0.25, 0.3) is 0 Å². The van der Waals surface area contributed by atoms with Crippen LogP contribution in [0.2, 0.25) is 5.28 Å². The summed E-state index contributed by atoms with van der Waals surface area (Å²) in [6.45, 7) is 2.03. The number of aryl methyl sites for hydroxylation is 1. The Bertz CT molecular complexity index is 880. The van der Waals surface area contributed by atoms with Gasteiger partial charge in [0.1, 0.15) is 11.6 Å². The highest BCUT2D eigenvalue weighted by Crippen LogP contribution is 2.37. The summed E-state index contributed by atoms with van der Waals surface area (Å²) < 4.78 is 14.6. The largest absolute Gasteiger partial charge is 0.330 e. The van der Waals surface area contributed by atoms with Crippen LogP contribution in [0.4, 0.5) is 20.7 Å². The lowest BCUT2D eigenvalue weighted by Crippen LogP contribution is -2.54. The molecule has 4 rings (SSSR count). The minimum atomic E-state index is -0.412. The minimum Gasteiger partial charge on any atom is -0.317 e. The van der Waals surface area contributed by atoms with E-state index in [2.05, 4.69) is 15.3 Å². The summed E-state index contributed by atoms with van der Waals surface area (Å²) in [5.41, 5.74) is 1.79. The monoisotopic (exact) mass is 403 g/mol. The molecule has 2 amide bonds. The van der Waals surface area contributed by atoms with Crippen LogP contribution in [-0.2, 0) is 6.54 Å². The second-order valence-electron chi connectivity index (χ2n) is 7.43. The number of carbonyl (C=O) groups excluding carboxylic acids is 1. The fourth-order valence-electron chi connectivity index (χ4n) is 4.25. The number of hydrogen-bond donors (Lipinski definition) is 1. The first kappa shape index (κ1) is 19.1. The summed E-state index contributed by atoms with van der Waals surface area (Å²) in [6.07, 6.45) is 5.27. The molecule has 2 heterocycles. The molecule has 2 aromatic rings. The van der Waals surface area contributed by atoms with E-state index in [4.69, 9.17) is 11.6 Å². The van der Waals surface area contributed by atoms with E-state index in [9.17, 15) is 9.18 Å². The van der Waals surface area contributed by atoms with Crippen LogP contribution >= 0.6 is 11.6 Å². The van der Waals surface area contributed by atoms with Gasteiger partial charge in [-0.1, -0.05) is 12.1 Å². The Morgan fingerprint density at radius 1 is 1.25 bits per heavy atom. The van der Waals surface area contributed by atoms with E-state index in [1.807, 2.05) is 20.0 Å². The Morgan fingerprint density at radius 2 is 2.00 bits per heavy atom. The van der Waals surface area contributed by atoms with Crippen molar-refractivity contribution < 1.29 is 9.18 Å². The van der Waals surface area contributed by atoms with Crippen molar-refractivity contribution >= 4 is 29.1 Å². The third kappa shape index (κ3) is 3.33. The smallest absolute Gasteiger partial charge is 0.317 e. The van der Waals surface area contributed by atoms with Gasteiger partial charge in [0.15, 0.2) is 0 Å². The summed E-state index contributed by atoms with van der Waals surface area (Å²) in [7, 11) is 1.96. The molecule has 28 heavy (non-hydrogen) atoms. The second-order valence-corrected chi connectivity index (χ2v) is 7.76. The first-order valence-electron chi connectivity index (χ1n) is 9.54. The highest BCUT2D eigenvalue weighted by atomic mass is 35.5. The fourth-order valence-corrected chi connectivity index (χ4v) is 4.38. The van der Waals surface area contributed by atoms with Gasteiger partial charge in [-0.05, 0) is 62.9 Å². The maximum atomic E-state index is 14.6. The molecule has 0 atom stereocenters. The average molecular weight is 404 g/mol. The Kier molecular flexibility index (Phi) is 5.21. The Morgan fingerprint density at radius 3 is 2.68 bits per heavy atom. The maximum absolute atomic E-state index is 14.6. The molecule has 1 N–H and O–H groups in total. The quantitative estimate of drug-likeness (QED) is 0.785. The summed E-state index contributed by atoms with van der Waals surface area (Å²) in [4.78, 5) is 25.2. The Hall–Kier alpha value is -2.25. The molecule has 0 radical (unpaired) electrons. The number of urea groups is 1. The third-order valence-electron chi connectivity index (χ3n) is 5.73. The molecule has 2 aliphatic rings. The molecule has 0 saturated heterocycles. The van der Waals surface area contributed by atoms with E-state index in [-0.39, 0.29) is 23.9 Å². The zero-order chi connectivity index (χ0) is 19.8. The van der Waals surface area contributed by atoms with Crippen LogP contribution in [0.15, 0.2) is 24.4 Å². The number of aromatic nitrogens is 2. The molecule has 1 aromatic heterocycles. The van der Waals surface area contributed by atoms with Crippen molar-refractivity contribution in [2.24, 2.45) is 0 Å². The second kappa shape index (κ2) is 7.64. The predicted molar refractivity (Wildman–Crippen MR) is 107 cm³/mol. The van der Waals surface area contributed by atoms with Gasteiger partial charge in [-0.2, -0.15) is 4.98 Å². The lowest BCUT2D eigenvalue weighted by Gasteiger charge is -2.42. The molecule has 0 bridgehead atoms. The number of carbonyl (C=O) groups is 1. The van der Waals surface area contributed by atoms with Crippen LogP contribution < -0.4 is 15.1 Å². The van der Waals surface area contributed by atoms with Gasteiger partial charge >= 0.3 is 6.03 Å². The third-order valence-corrected chi connectivity index (χ3v) is 5.92. The van der Waals surface area contributed by atoms with Crippen molar-refractivity contribution in [3.8, 4) is 0 Å². The van der Waals surface area contributed by atoms with E-state index in [1.165, 1.54) is 11.0 Å². The molecular weight excluding hydrogens is 381 g/mol. The number of nitrogens with zero attached hydrogens (tertiary/aromatic N) is 4. The standard InChI is InChI=1S/C20H23ClFN5O/c1-12-4-3-5-16(22)17(12)26-11-13-10-24-19(21)25-18(13)27(20(26)28)15-8-6-14(23-2)7-9-15/h3-5,10,14-15,23H,6-9,11H2,1-2H3. The topological polar surface area (TPSA) is 61.4 Å². The van der Waals surface area contributed by atoms with Crippen LogP contribution in [0.1, 0.15) is 36.8 Å². The molecule has 148 valence electrons. The lowest BCUT2D eigenvalue weighted by molar-refractivity contribution is 0.242. The summed E-state index contributed by atoms with van der Waals surface area (Å²) in [5, 5.41) is 3.41. The number of halogens is 2. The van der Waals surface area contributed by atoms with Crippen LogP contribution in [0.3, 0.4) is 0 Å². The molecular formula is C20H23ClFN5O. The first-order valence-corrected chi connectivity index (χ1v) is 9.92. The molecule has 1 aliphatic carbocycles. The predicted octanol–water partition coefficient (Wildman–Crippen LogP) is 4.05. The van der Waals surface area contributed by atoms with Gasteiger partial charge in [-0.25, -0.2) is 14.2 Å². The summed E-state index contributed by atoms with van der Waals surface area (Å²) in [6, 6.07) is 5.03. The number of para-hydroxylation sites is 1. The van der Waals surface area contributed by atoms with E-state index in [0.29, 0.717) is 23.1 Å². The van der Waals surface area contributed by atoms with Gasteiger partial charge in [0.05, 0.1) is 12.2 Å². The maximum Gasteiger partial charge on any atom is 0.330 e. The summed E-state index contributed by atoms with van der Waals surface area (Å²) in [5.74, 6) is 0.133. The number of benzene rings is 1. The zero-order valence-electron chi connectivity index (χ0n) is 16.0. The molecule has 1 aliphatic heterocycles. The van der Waals surface area contributed by atoms with E-state index in [0.717, 1.165) is 31.2 Å². The highest BCUT2D eigenvalue weighted by Gasteiger charge is 2.39. The number of fused-ring (bicyclic) bond motifs is 1. The molecule has 8 heteroatoms. The fraction of sp³-hybridized carbons (Fsp3) is 0.450. The van der Waals surface area contributed by atoms with Crippen LogP contribution in [0.25, 0.3) is 0 Å². The molecule has 6 nitrogen and oxygen atoms in total. The van der Waals surface area contributed by atoms with E-state index >= 15 is 0 Å². The van der Waals surface area contributed by atoms with Crippen molar-refractivity contribution in [1.82, 2.24) is 15.3 Å². The first-order chi connectivity index (χ1) is 13.5. The normalized spacial score (nSPS) is 22.4. The van der Waals surface area contributed by atoms with Crippen LogP contribution in [0, 0.1) is 12.7 Å². The van der Waals surface area contributed by atoms with Crippen LogP contribution in [-0.4, -0.2) is 35.1 Å². The Balaban J connectivity index is 1.76. The molecule has 0 spiro atoms. The zero-order valence-corrected chi connectivity index (χ0v) is 16.7. The average Bonchev–Trinajstić information content (AvgIpc) is 2.69. The van der Waals surface area contributed by atoms with Gasteiger partial charge in [-0.3, -0.25) is 9.80 Å². The van der Waals surface area contributed by atoms with Crippen molar-refractivity contribution in [3.05, 3.63) is 46.6 Å². The Labute approximate surface area is 168 Å². The van der Waals surface area contributed by atoms with E-state index in [1.54, 1.807) is 17.2 Å². The highest BCUT2D eigenvalue weighted by molar-refractivity contribution is 6.28. The molecule has 1 saturated carbocycles. The van der Waals surface area contributed by atoms with E-state index < -0.39 is 5.82 Å². The van der Waals surface area contributed by atoms with Gasteiger partial charge in [0, 0.05) is 23.8 Å². The van der Waals surface area contributed by atoms with Crippen molar-refractivity contribution in [1.29, 1.82) is 0 Å². The van der Waals surface area contributed by atoms with Crippen molar-refractivity contribution in [2.75, 3.05) is 16.8 Å². The molecule has 1 aromatic carbocycles. The number of amides is 2. The molecule has 1 fully saturated rings. The summed E-state index contributed by atoms with van der Waals surface area (Å²) >= 11 is 6.03. The van der Waals surface area contributed by atoms with Crippen molar-refractivity contribution in [2.45, 2.75) is 51.2 Å². The number of nitrogens with one attached hydrogen (secondary N) is 1. The number of anilines is 2. The molecule has 0 unspecified atom stereocenters.